The molecule has 0 spiro atoms. The Hall–Kier alpha value is -2.89. The van der Waals surface area contributed by atoms with Crippen LogP contribution in [0.1, 0.15) is 12.5 Å². The lowest BCUT2D eigenvalue weighted by atomic mass is 10.1. The van der Waals surface area contributed by atoms with Gasteiger partial charge < -0.3 is 9.80 Å². The summed E-state index contributed by atoms with van der Waals surface area (Å²) < 4.78 is 13.1. The summed E-state index contributed by atoms with van der Waals surface area (Å²) in [6.45, 7) is 4.08. The fraction of sp³-hybridized carbons (Fsp3) is 0.333. The van der Waals surface area contributed by atoms with Gasteiger partial charge in [0, 0.05) is 50.9 Å². The Kier molecular flexibility index (Phi) is 4.56. The molecule has 6 heteroatoms. The lowest BCUT2D eigenvalue weighted by molar-refractivity contribution is -0.134. The van der Waals surface area contributed by atoms with Crippen LogP contribution in [-0.2, 0) is 16.0 Å². The first kappa shape index (κ1) is 17.5. The first-order chi connectivity index (χ1) is 13.0. The number of hydrogen-bond donors (Lipinski definition) is 0. The quantitative estimate of drug-likeness (QED) is 0.819. The predicted molar refractivity (Wildman–Crippen MR) is 102 cm³/mol. The zero-order valence-corrected chi connectivity index (χ0v) is 15.3. The van der Waals surface area contributed by atoms with Crippen LogP contribution in [0, 0.1) is 5.82 Å². The summed E-state index contributed by atoms with van der Waals surface area (Å²) in [7, 11) is 0. The highest BCUT2D eigenvalue weighted by Crippen LogP contribution is 2.33. The fourth-order valence-electron chi connectivity index (χ4n) is 4.02. The molecule has 2 aliphatic heterocycles. The van der Waals surface area contributed by atoms with E-state index in [1.54, 1.807) is 17.0 Å². The van der Waals surface area contributed by atoms with Crippen LogP contribution in [0.5, 0.6) is 0 Å². The van der Waals surface area contributed by atoms with E-state index in [-0.39, 0.29) is 17.6 Å². The third kappa shape index (κ3) is 3.27. The second-order valence-corrected chi connectivity index (χ2v) is 7.03. The highest BCUT2D eigenvalue weighted by molar-refractivity contribution is 6.02. The summed E-state index contributed by atoms with van der Waals surface area (Å²) in [5.41, 5.74) is 2.84. The maximum absolute atomic E-state index is 13.1. The molecule has 5 nitrogen and oxygen atoms in total. The van der Waals surface area contributed by atoms with Crippen molar-refractivity contribution in [2.45, 2.75) is 19.4 Å². The molecule has 0 radical (unpaired) electrons. The van der Waals surface area contributed by atoms with E-state index < -0.39 is 6.04 Å². The van der Waals surface area contributed by atoms with Gasteiger partial charge in [-0.15, -0.1) is 0 Å². The van der Waals surface area contributed by atoms with Gasteiger partial charge in [0.1, 0.15) is 11.9 Å². The molecular formula is C21H22FN3O2. The molecule has 2 heterocycles. The molecule has 27 heavy (non-hydrogen) atoms. The van der Waals surface area contributed by atoms with Crippen LogP contribution in [-0.4, -0.2) is 48.9 Å². The lowest BCUT2D eigenvalue weighted by Crippen LogP contribution is -2.55. The van der Waals surface area contributed by atoms with Crippen molar-refractivity contribution in [3.8, 4) is 0 Å². The van der Waals surface area contributed by atoms with E-state index >= 15 is 0 Å². The first-order valence-electron chi connectivity index (χ1n) is 9.21. The normalized spacial score (nSPS) is 19.2. The first-order valence-corrected chi connectivity index (χ1v) is 9.21. The summed E-state index contributed by atoms with van der Waals surface area (Å²) in [5.74, 6) is -0.360. The van der Waals surface area contributed by atoms with E-state index in [1.807, 2.05) is 29.2 Å². The Bertz CT molecular complexity index is 860. The second kappa shape index (κ2) is 7.02. The number of carbonyl (C=O) groups is 2. The molecule has 0 saturated carbocycles. The minimum atomic E-state index is -0.461. The van der Waals surface area contributed by atoms with E-state index in [0.717, 1.165) is 16.9 Å². The molecule has 1 fully saturated rings. The zero-order chi connectivity index (χ0) is 19.0. The molecule has 1 atom stereocenters. The van der Waals surface area contributed by atoms with Gasteiger partial charge in [0.05, 0.1) is 0 Å². The number of benzene rings is 2. The molecule has 0 bridgehead atoms. The van der Waals surface area contributed by atoms with Crippen molar-refractivity contribution in [1.29, 1.82) is 0 Å². The number of amides is 2. The topological polar surface area (TPSA) is 43.9 Å². The van der Waals surface area contributed by atoms with Crippen molar-refractivity contribution in [3.63, 3.8) is 0 Å². The van der Waals surface area contributed by atoms with Crippen LogP contribution in [0.4, 0.5) is 15.8 Å². The number of halogens is 1. The van der Waals surface area contributed by atoms with Crippen molar-refractivity contribution < 1.29 is 14.0 Å². The molecule has 0 aromatic heterocycles. The Labute approximate surface area is 158 Å². The van der Waals surface area contributed by atoms with Gasteiger partial charge in [-0.1, -0.05) is 18.2 Å². The molecule has 4 rings (SSSR count). The Morgan fingerprint density at radius 1 is 0.963 bits per heavy atom. The standard InChI is InChI=1S/C21H22FN3O2/c1-15(26)25-19-5-3-2-4-16(19)14-20(25)21(27)24-12-10-23(11-13-24)18-8-6-17(22)7-9-18/h2-9,20H,10-14H2,1H3. The van der Waals surface area contributed by atoms with Gasteiger partial charge in [-0.3, -0.25) is 14.5 Å². The summed E-state index contributed by atoms with van der Waals surface area (Å²) in [5, 5.41) is 0. The van der Waals surface area contributed by atoms with Gasteiger partial charge in [-0.25, -0.2) is 4.39 Å². The van der Waals surface area contributed by atoms with Gasteiger partial charge >= 0.3 is 0 Å². The largest absolute Gasteiger partial charge is 0.368 e. The van der Waals surface area contributed by atoms with E-state index in [0.29, 0.717) is 32.6 Å². The number of anilines is 2. The second-order valence-electron chi connectivity index (χ2n) is 7.03. The molecule has 0 N–H and O–H groups in total. The Morgan fingerprint density at radius 3 is 2.30 bits per heavy atom. The monoisotopic (exact) mass is 367 g/mol. The molecule has 1 unspecified atom stereocenters. The SMILES string of the molecule is CC(=O)N1c2ccccc2CC1C(=O)N1CCN(c2ccc(F)cc2)CC1. The number of hydrogen-bond acceptors (Lipinski definition) is 3. The molecule has 2 aromatic rings. The summed E-state index contributed by atoms with van der Waals surface area (Å²) >= 11 is 0. The molecular weight excluding hydrogens is 345 g/mol. The molecule has 0 aliphatic carbocycles. The molecule has 2 amide bonds. The van der Waals surface area contributed by atoms with Gasteiger partial charge in [-0.05, 0) is 35.9 Å². The lowest BCUT2D eigenvalue weighted by Gasteiger charge is -2.38. The number of fused-ring (bicyclic) bond motifs is 1. The average Bonchev–Trinajstić information content (AvgIpc) is 3.08. The molecule has 1 saturated heterocycles. The number of nitrogens with zero attached hydrogens (tertiary/aromatic N) is 3. The van der Waals surface area contributed by atoms with Crippen LogP contribution in [0.3, 0.4) is 0 Å². The van der Waals surface area contributed by atoms with E-state index in [1.165, 1.54) is 19.1 Å². The van der Waals surface area contributed by atoms with Gasteiger partial charge in [0.2, 0.25) is 11.8 Å². The molecule has 140 valence electrons. The smallest absolute Gasteiger partial charge is 0.246 e. The summed E-state index contributed by atoms with van der Waals surface area (Å²) in [4.78, 5) is 30.9. The van der Waals surface area contributed by atoms with E-state index in [2.05, 4.69) is 4.90 Å². The number of piperazine rings is 1. The third-order valence-electron chi connectivity index (χ3n) is 5.38. The van der Waals surface area contributed by atoms with Crippen LogP contribution >= 0.6 is 0 Å². The van der Waals surface area contributed by atoms with Crippen molar-refractivity contribution in [3.05, 3.63) is 59.9 Å². The minimum absolute atomic E-state index is 0.000145. The van der Waals surface area contributed by atoms with Gasteiger partial charge in [-0.2, -0.15) is 0 Å². The minimum Gasteiger partial charge on any atom is -0.368 e. The van der Waals surface area contributed by atoms with Crippen molar-refractivity contribution in [2.75, 3.05) is 36.0 Å². The number of para-hydroxylation sites is 1. The van der Waals surface area contributed by atoms with Crippen LogP contribution in [0.15, 0.2) is 48.5 Å². The zero-order valence-electron chi connectivity index (χ0n) is 15.3. The number of rotatable bonds is 2. The van der Waals surface area contributed by atoms with Crippen molar-refractivity contribution >= 4 is 23.2 Å². The maximum Gasteiger partial charge on any atom is 0.246 e. The molecule has 2 aromatic carbocycles. The van der Waals surface area contributed by atoms with Crippen LogP contribution < -0.4 is 9.80 Å². The van der Waals surface area contributed by atoms with Crippen LogP contribution in [0.25, 0.3) is 0 Å². The van der Waals surface area contributed by atoms with Gasteiger partial charge in [0.15, 0.2) is 0 Å². The average molecular weight is 367 g/mol. The van der Waals surface area contributed by atoms with Gasteiger partial charge in [0.25, 0.3) is 0 Å². The maximum atomic E-state index is 13.1. The third-order valence-corrected chi connectivity index (χ3v) is 5.38. The fourth-order valence-corrected chi connectivity index (χ4v) is 4.02. The Balaban J connectivity index is 1.45. The van der Waals surface area contributed by atoms with Crippen LogP contribution in [0.2, 0.25) is 0 Å². The molecule has 2 aliphatic rings. The summed E-state index contributed by atoms with van der Waals surface area (Å²) in [6, 6.07) is 13.7. The number of carbonyl (C=O) groups excluding carboxylic acids is 2. The summed E-state index contributed by atoms with van der Waals surface area (Å²) in [6.07, 6.45) is 0.562. The van der Waals surface area contributed by atoms with Crippen molar-refractivity contribution in [1.82, 2.24) is 4.90 Å². The predicted octanol–water partition coefficient (Wildman–Crippen LogP) is 2.45. The van der Waals surface area contributed by atoms with E-state index in [4.69, 9.17) is 0 Å². The highest BCUT2D eigenvalue weighted by Gasteiger charge is 2.39. The highest BCUT2D eigenvalue weighted by atomic mass is 19.1. The van der Waals surface area contributed by atoms with E-state index in [9.17, 15) is 14.0 Å². The Morgan fingerprint density at radius 2 is 1.63 bits per heavy atom. The van der Waals surface area contributed by atoms with Crippen molar-refractivity contribution in [2.24, 2.45) is 0 Å².